The van der Waals surface area contributed by atoms with Crippen LogP contribution in [0.25, 0.3) is 11.1 Å². The molecule has 0 aliphatic heterocycles. The van der Waals surface area contributed by atoms with Crippen LogP contribution in [-0.2, 0) is 13.2 Å². The zero-order chi connectivity index (χ0) is 25.7. The second kappa shape index (κ2) is 11.5. The predicted octanol–water partition coefficient (Wildman–Crippen LogP) is 7.24. The molecule has 0 radical (unpaired) electrons. The lowest BCUT2D eigenvalue weighted by molar-refractivity contribution is 0.286. The van der Waals surface area contributed by atoms with Crippen LogP contribution in [0.5, 0.6) is 23.5 Å². The maximum atomic E-state index is 6.25. The molecule has 0 aliphatic carbocycles. The molecule has 2 heterocycles. The van der Waals surface area contributed by atoms with E-state index in [1.807, 2.05) is 24.3 Å². The van der Waals surface area contributed by atoms with Crippen molar-refractivity contribution in [3.05, 3.63) is 93.0 Å². The minimum Gasteiger partial charge on any atom is -0.481 e. The topological polar surface area (TPSA) is 62.7 Å². The van der Waals surface area contributed by atoms with Crippen molar-refractivity contribution < 1.29 is 18.9 Å². The van der Waals surface area contributed by atoms with Crippen LogP contribution in [0.4, 0.5) is 0 Å². The minimum absolute atomic E-state index is 0.321. The fourth-order valence-corrected chi connectivity index (χ4v) is 4.12. The monoisotopic (exact) mass is 524 g/mol. The molecule has 0 unspecified atom stereocenters. The molecule has 0 atom stereocenters. The first kappa shape index (κ1) is 25.6. The molecule has 36 heavy (non-hydrogen) atoms. The second-order valence-corrected chi connectivity index (χ2v) is 8.85. The van der Waals surface area contributed by atoms with Crippen molar-refractivity contribution in [3.63, 3.8) is 0 Å². The van der Waals surface area contributed by atoms with Crippen LogP contribution in [-0.4, -0.2) is 24.2 Å². The van der Waals surface area contributed by atoms with E-state index in [4.69, 9.17) is 42.1 Å². The Morgan fingerprint density at radius 2 is 1.03 bits per heavy atom. The number of pyridine rings is 2. The summed E-state index contributed by atoms with van der Waals surface area (Å²) in [5.74, 6) is 1.56. The molecule has 0 fully saturated rings. The summed E-state index contributed by atoms with van der Waals surface area (Å²) in [6.07, 6.45) is 0. The summed E-state index contributed by atoms with van der Waals surface area (Å²) in [5.41, 5.74) is 6.49. The first-order valence-corrected chi connectivity index (χ1v) is 12.0. The highest BCUT2D eigenvalue weighted by molar-refractivity contribution is 6.32. The average Bonchev–Trinajstić information content (AvgIpc) is 2.89. The molecule has 0 bridgehead atoms. The fraction of sp³-hybridized carbons (Fsp3) is 0.214. The molecule has 0 aliphatic rings. The van der Waals surface area contributed by atoms with Crippen LogP contribution in [0.15, 0.2) is 60.7 Å². The SMILES string of the molecule is COc1ccc(Cl)c(OCc2cccc(-c3cccc(COc4nc(OC)ccc4Cl)c3C)c2C)n1. The third-order valence-corrected chi connectivity index (χ3v) is 6.48. The van der Waals surface area contributed by atoms with E-state index < -0.39 is 0 Å². The van der Waals surface area contributed by atoms with Gasteiger partial charge >= 0.3 is 0 Å². The summed E-state index contributed by atoms with van der Waals surface area (Å²) in [4.78, 5) is 8.58. The van der Waals surface area contributed by atoms with E-state index in [2.05, 4.69) is 35.9 Å². The van der Waals surface area contributed by atoms with Crippen LogP contribution >= 0.6 is 23.2 Å². The number of methoxy groups -OCH3 is 2. The van der Waals surface area contributed by atoms with E-state index >= 15 is 0 Å². The predicted molar refractivity (Wildman–Crippen MR) is 142 cm³/mol. The molecule has 0 saturated heterocycles. The Kier molecular flexibility index (Phi) is 8.18. The van der Waals surface area contributed by atoms with Gasteiger partial charge in [0, 0.05) is 12.1 Å². The van der Waals surface area contributed by atoms with E-state index in [1.54, 1.807) is 38.5 Å². The van der Waals surface area contributed by atoms with Crippen molar-refractivity contribution in [1.29, 1.82) is 0 Å². The van der Waals surface area contributed by atoms with E-state index in [-0.39, 0.29) is 0 Å². The number of benzene rings is 2. The molecule has 2 aromatic heterocycles. The summed E-state index contributed by atoms with van der Waals surface area (Å²) < 4.78 is 22.2. The Bertz CT molecular complexity index is 1270. The van der Waals surface area contributed by atoms with E-state index in [0.29, 0.717) is 46.8 Å². The summed E-state index contributed by atoms with van der Waals surface area (Å²) in [6, 6.07) is 19.1. The van der Waals surface area contributed by atoms with Gasteiger partial charge in [-0.15, -0.1) is 0 Å². The molecular weight excluding hydrogens is 499 g/mol. The Morgan fingerprint density at radius 1 is 0.611 bits per heavy atom. The highest BCUT2D eigenvalue weighted by atomic mass is 35.5. The van der Waals surface area contributed by atoms with Crippen molar-refractivity contribution in [2.75, 3.05) is 14.2 Å². The third kappa shape index (κ3) is 5.66. The maximum absolute atomic E-state index is 6.25. The van der Waals surface area contributed by atoms with E-state index in [9.17, 15) is 0 Å². The van der Waals surface area contributed by atoms with Crippen molar-refractivity contribution in [1.82, 2.24) is 9.97 Å². The first-order chi connectivity index (χ1) is 17.4. The van der Waals surface area contributed by atoms with Gasteiger partial charge in [-0.3, -0.25) is 0 Å². The van der Waals surface area contributed by atoms with Crippen molar-refractivity contribution in [3.8, 4) is 34.6 Å². The molecule has 4 aromatic rings. The summed E-state index contributed by atoms with van der Waals surface area (Å²) >= 11 is 12.5. The van der Waals surface area contributed by atoms with Gasteiger partial charge in [-0.1, -0.05) is 59.6 Å². The van der Waals surface area contributed by atoms with Gasteiger partial charge in [0.15, 0.2) is 0 Å². The number of rotatable bonds is 9. The number of hydrogen-bond acceptors (Lipinski definition) is 6. The van der Waals surface area contributed by atoms with Crippen molar-refractivity contribution >= 4 is 23.2 Å². The Morgan fingerprint density at radius 3 is 1.42 bits per heavy atom. The van der Waals surface area contributed by atoms with Gasteiger partial charge in [-0.2, -0.15) is 9.97 Å². The summed E-state index contributed by atoms with van der Waals surface area (Å²) in [7, 11) is 3.11. The molecule has 2 aromatic carbocycles. The Hall–Kier alpha value is -3.48. The normalized spacial score (nSPS) is 10.7. The zero-order valence-corrected chi connectivity index (χ0v) is 22.0. The molecule has 4 rings (SSSR count). The Balaban J connectivity index is 1.56. The first-order valence-electron chi connectivity index (χ1n) is 11.2. The molecular formula is C28H26Cl2N2O4. The summed E-state index contributed by atoms with van der Waals surface area (Å²) in [6.45, 7) is 4.80. The fourth-order valence-electron chi connectivity index (χ4n) is 3.80. The van der Waals surface area contributed by atoms with Gasteiger partial charge in [0.05, 0.1) is 14.2 Å². The maximum Gasteiger partial charge on any atom is 0.236 e. The standard InChI is InChI=1S/C28H26Cl2N2O4/c1-17-19(15-35-27-23(29)11-13-25(31-27)33-3)7-5-9-21(17)22-10-6-8-20(18(22)2)16-36-28-24(30)12-14-26(32-28)34-4/h5-14H,15-16H2,1-4H3. The third-order valence-electron chi connectivity index (χ3n) is 5.91. The van der Waals surface area contributed by atoms with Gasteiger partial charge in [0.2, 0.25) is 23.5 Å². The summed E-state index contributed by atoms with van der Waals surface area (Å²) in [5, 5.41) is 0.859. The quantitative estimate of drug-likeness (QED) is 0.230. The molecule has 0 spiro atoms. The minimum atomic E-state index is 0.321. The van der Waals surface area contributed by atoms with Gasteiger partial charge < -0.3 is 18.9 Å². The number of halogens is 2. The molecule has 0 saturated carbocycles. The number of ether oxygens (including phenoxy) is 4. The molecule has 0 N–H and O–H groups in total. The zero-order valence-electron chi connectivity index (χ0n) is 20.5. The smallest absolute Gasteiger partial charge is 0.236 e. The lowest BCUT2D eigenvalue weighted by atomic mass is 9.92. The lowest BCUT2D eigenvalue weighted by Crippen LogP contribution is -2.04. The highest BCUT2D eigenvalue weighted by Gasteiger charge is 2.14. The van der Waals surface area contributed by atoms with Gasteiger partial charge in [-0.05, 0) is 59.4 Å². The van der Waals surface area contributed by atoms with Crippen LogP contribution in [0, 0.1) is 13.8 Å². The van der Waals surface area contributed by atoms with Gasteiger partial charge in [-0.25, -0.2) is 0 Å². The van der Waals surface area contributed by atoms with Crippen LogP contribution in [0.3, 0.4) is 0 Å². The van der Waals surface area contributed by atoms with E-state index in [0.717, 1.165) is 33.4 Å². The molecule has 6 nitrogen and oxygen atoms in total. The average molecular weight is 525 g/mol. The number of hydrogen-bond donors (Lipinski definition) is 0. The van der Waals surface area contributed by atoms with Gasteiger partial charge in [0.25, 0.3) is 0 Å². The van der Waals surface area contributed by atoms with Crippen LogP contribution in [0.1, 0.15) is 22.3 Å². The molecule has 0 amide bonds. The van der Waals surface area contributed by atoms with Gasteiger partial charge in [0.1, 0.15) is 23.3 Å². The Labute approximate surface area is 220 Å². The largest absolute Gasteiger partial charge is 0.481 e. The van der Waals surface area contributed by atoms with E-state index in [1.165, 1.54) is 0 Å². The lowest BCUT2D eigenvalue weighted by Gasteiger charge is -2.17. The number of nitrogens with zero attached hydrogens (tertiary/aromatic N) is 2. The molecule has 186 valence electrons. The van der Waals surface area contributed by atoms with Crippen molar-refractivity contribution in [2.24, 2.45) is 0 Å². The van der Waals surface area contributed by atoms with Crippen LogP contribution < -0.4 is 18.9 Å². The number of aromatic nitrogens is 2. The van der Waals surface area contributed by atoms with Crippen molar-refractivity contribution in [2.45, 2.75) is 27.1 Å². The van der Waals surface area contributed by atoms with Crippen LogP contribution in [0.2, 0.25) is 10.0 Å². The highest BCUT2D eigenvalue weighted by Crippen LogP contribution is 2.32. The molecule has 8 heteroatoms. The second-order valence-electron chi connectivity index (χ2n) is 8.04.